The monoisotopic (exact) mass is 375 g/mol. The molecule has 1 aromatic heterocycles. The van der Waals surface area contributed by atoms with E-state index >= 15 is 0 Å². The fourth-order valence-electron chi connectivity index (χ4n) is 2.77. The van der Waals surface area contributed by atoms with Gasteiger partial charge in [-0.1, -0.05) is 23.7 Å². The van der Waals surface area contributed by atoms with Crippen molar-refractivity contribution >= 4 is 29.4 Å². The van der Waals surface area contributed by atoms with Crippen LogP contribution in [0.3, 0.4) is 0 Å². The summed E-state index contributed by atoms with van der Waals surface area (Å²) in [4.78, 5) is 37.7. The van der Waals surface area contributed by atoms with Crippen LogP contribution in [0.15, 0.2) is 47.1 Å². The van der Waals surface area contributed by atoms with Crippen LogP contribution in [-0.4, -0.2) is 35.8 Å². The first-order chi connectivity index (χ1) is 12.4. The predicted molar refractivity (Wildman–Crippen MR) is 94.5 cm³/mol. The van der Waals surface area contributed by atoms with Crippen molar-refractivity contribution in [2.24, 2.45) is 0 Å². The van der Waals surface area contributed by atoms with E-state index in [-0.39, 0.29) is 6.54 Å². The van der Waals surface area contributed by atoms with Crippen molar-refractivity contribution < 1.29 is 18.8 Å². The lowest BCUT2D eigenvalue weighted by atomic mass is 9.99. The zero-order chi connectivity index (χ0) is 18.7. The zero-order valence-electron chi connectivity index (χ0n) is 14.1. The van der Waals surface area contributed by atoms with Crippen LogP contribution in [0.2, 0.25) is 5.02 Å². The second kappa shape index (κ2) is 7.21. The first-order valence-electron chi connectivity index (χ1n) is 8.09. The molecule has 4 amide bonds. The van der Waals surface area contributed by atoms with E-state index in [9.17, 15) is 14.4 Å². The number of furan rings is 1. The smallest absolute Gasteiger partial charge is 0.325 e. The molecule has 2 heterocycles. The normalized spacial score (nSPS) is 19.5. The van der Waals surface area contributed by atoms with E-state index in [0.29, 0.717) is 23.7 Å². The molecule has 2 N–H and O–H groups in total. The standard InChI is InChI=1S/C18H18ClN3O4/c1-18(14-3-2-10-26-14)16(24)22(17(25)21-18)11-15(23)20-9-8-12-4-6-13(19)7-5-12/h2-7,10H,8-9,11H2,1H3,(H,20,23)(H,21,25)/t18-/m0/s1. The predicted octanol–water partition coefficient (Wildman–Crippen LogP) is 2.06. The number of carbonyl (C=O) groups excluding carboxylic acids is 3. The van der Waals surface area contributed by atoms with Crippen LogP contribution in [0.4, 0.5) is 4.79 Å². The summed E-state index contributed by atoms with van der Waals surface area (Å²) in [5.74, 6) is -0.613. The molecular formula is C18H18ClN3O4. The summed E-state index contributed by atoms with van der Waals surface area (Å²) in [5.41, 5.74) is -0.278. The van der Waals surface area contributed by atoms with Crippen LogP contribution in [0.1, 0.15) is 18.2 Å². The number of halogens is 1. The first kappa shape index (κ1) is 18.0. The Kier molecular flexibility index (Phi) is 4.99. The molecule has 8 heteroatoms. The van der Waals surface area contributed by atoms with Crippen molar-refractivity contribution in [1.29, 1.82) is 0 Å². The number of hydrogen-bond donors (Lipinski definition) is 2. The van der Waals surface area contributed by atoms with E-state index in [1.54, 1.807) is 31.2 Å². The van der Waals surface area contributed by atoms with Crippen molar-refractivity contribution in [3.63, 3.8) is 0 Å². The van der Waals surface area contributed by atoms with Gasteiger partial charge in [0, 0.05) is 11.6 Å². The van der Waals surface area contributed by atoms with Crippen LogP contribution in [0.25, 0.3) is 0 Å². The van der Waals surface area contributed by atoms with Gasteiger partial charge >= 0.3 is 6.03 Å². The maximum absolute atomic E-state index is 12.6. The van der Waals surface area contributed by atoms with Crippen molar-refractivity contribution in [3.8, 4) is 0 Å². The highest BCUT2D eigenvalue weighted by atomic mass is 35.5. The number of imide groups is 1. The maximum Gasteiger partial charge on any atom is 0.325 e. The van der Waals surface area contributed by atoms with E-state index in [1.807, 2.05) is 12.1 Å². The van der Waals surface area contributed by atoms with Gasteiger partial charge in [-0.25, -0.2) is 4.79 Å². The Bertz CT molecular complexity index is 819. The van der Waals surface area contributed by atoms with Crippen molar-refractivity contribution in [1.82, 2.24) is 15.5 Å². The molecule has 0 aliphatic carbocycles. The van der Waals surface area contributed by atoms with Crippen LogP contribution >= 0.6 is 11.6 Å². The number of amides is 4. The Morgan fingerprint density at radius 2 is 2.00 bits per heavy atom. The Morgan fingerprint density at radius 1 is 1.27 bits per heavy atom. The minimum absolute atomic E-state index is 0.321. The highest BCUT2D eigenvalue weighted by molar-refractivity contribution is 6.30. The molecule has 0 saturated carbocycles. The van der Waals surface area contributed by atoms with Crippen LogP contribution in [-0.2, 0) is 21.5 Å². The molecule has 0 bridgehead atoms. The largest absolute Gasteiger partial charge is 0.466 e. The van der Waals surface area contributed by atoms with Gasteiger partial charge in [-0.3, -0.25) is 14.5 Å². The van der Waals surface area contributed by atoms with E-state index in [0.717, 1.165) is 10.5 Å². The van der Waals surface area contributed by atoms with Crippen molar-refractivity contribution in [2.45, 2.75) is 18.9 Å². The first-order valence-corrected chi connectivity index (χ1v) is 8.47. The molecule has 1 aromatic carbocycles. The van der Waals surface area contributed by atoms with Gasteiger partial charge < -0.3 is 15.1 Å². The second-order valence-corrected chi connectivity index (χ2v) is 6.59. The Labute approximate surface area is 155 Å². The number of hydrogen-bond acceptors (Lipinski definition) is 4. The highest BCUT2D eigenvalue weighted by Gasteiger charge is 2.51. The molecule has 3 rings (SSSR count). The highest BCUT2D eigenvalue weighted by Crippen LogP contribution is 2.28. The number of rotatable bonds is 6. The third-order valence-corrected chi connectivity index (χ3v) is 4.49. The summed E-state index contributed by atoms with van der Waals surface area (Å²) in [5, 5.41) is 5.93. The summed E-state index contributed by atoms with van der Waals surface area (Å²) in [6, 6.07) is 9.92. The van der Waals surface area contributed by atoms with Gasteiger partial charge in [-0.05, 0) is 43.2 Å². The Balaban J connectivity index is 1.55. The third kappa shape index (κ3) is 3.57. The van der Waals surface area contributed by atoms with Crippen molar-refractivity contribution in [3.05, 3.63) is 59.0 Å². The van der Waals surface area contributed by atoms with Crippen molar-refractivity contribution in [2.75, 3.05) is 13.1 Å². The molecule has 26 heavy (non-hydrogen) atoms. The number of nitrogens with zero attached hydrogens (tertiary/aromatic N) is 1. The molecule has 1 aliphatic heterocycles. The quantitative estimate of drug-likeness (QED) is 0.756. The average Bonchev–Trinajstić information content (AvgIpc) is 3.21. The van der Waals surface area contributed by atoms with Gasteiger partial charge in [0.2, 0.25) is 5.91 Å². The van der Waals surface area contributed by atoms with Crippen LogP contribution in [0, 0.1) is 0 Å². The van der Waals surface area contributed by atoms with Gasteiger partial charge in [-0.2, -0.15) is 0 Å². The van der Waals surface area contributed by atoms with E-state index in [2.05, 4.69) is 10.6 Å². The number of nitrogens with one attached hydrogen (secondary N) is 2. The van der Waals surface area contributed by atoms with Gasteiger partial charge in [-0.15, -0.1) is 0 Å². The lowest BCUT2D eigenvalue weighted by molar-refractivity contribution is -0.135. The van der Waals surface area contributed by atoms with E-state index < -0.39 is 23.4 Å². The van der Waals surface area contributed by atoms with Gasteiger partial charge in [0.1, 0.15) is 12.3 Å². The van der Waals surface area contributed by atoms with E-state index in [1.165, 1.54) is 6.26 Å². The minimum Gasteiger partial charge on any atom is -0.466 e. The summed E-state index contributed by atoms with van der Waals surface area (Å²) in [7, 11) is 0. The van der Waals surface area contributed by atoms with Gasteiger partial charge in [0.15, 0.2) is 5.54 Å². The number of urea groups is 1. The fourth-order valence-corrected chi connectivity index (χ4v) is 2.89. The maximum atomic E-state index is 12.6. The molecule has 2 aromatic rings. The summed E-state index contributed by atoms with van der Waals surface area (Å²) >= 11 is 5.83. The molecule has 1 fully saturated rings. The number of benzene rings is 1. The lowest BCUT2D eigenvalue weighted by Gasteiger charge is -2.18. The Hall–Kier alpha value is -2.80. The molecule has 136 valence electrons. The second-order valence-electron chi connectivity index (χ2n) is 6.15. The molecule has 0 radical (unpaired) electrons. The molecule has 0 unspecified atom stereocenters. The fraction of sp³-hybridized carbons (Fsp3) is 0.278. The number of carbonyl (C=O) groups is 3. The van der Waals surface area contributed by atoms with Gasteiger partial charge in [0.05, 0.1) is 6.26 Å². The van der Waals surface area contributed by atoms with E-state index in [4.69, 9.17) is 16.0 Å². The lowest BCUT2D eigenvalue weighted by Crippen LogP contribution is -2.43. The van der Waals surface area contributed by atoms with Gasteiger partial charge in [0.25, 0.3) is 5.91 Å². The van der Waals surface area contributed by atoms with Crippen LogP contribution < -0.4 is 10.6 Å². The molecule has 1 atom stereocenters. The molecule has 0 spiro atoms. The Morgan fingerprint density at radius 3 is 2.65 bits per heavy atom. The molecule has 1 saturated heterocycles. The third-order valence-electron chi connectivity index (χ3n) is 4.24. The topological polar surface area (TPSA) is 91.7 Å². The van der Waals surface area contributed by atoms with Crippen LogP contribution in [0.5, 0.6) is 0 Å². The SMILES string of the molecule is C[C@@]1(c2ccco2)NC(=O)N(CC(=O)NCCc2ccc(Cl)cc2)C1=O. The summed E-state index contributed by atoms with van der Waals surface area (Å²) < 4.78 is 5.24. The zero-order valence-corrected chi connectivity index (χ0v) is 14.9. The summed E-state index contributed by atoms with van der Waals surface area (Å²) in [6.07, 6.45) is 2.04. The minimum atomic E-state index is -1.30. The molecular weight excluding hydrogens is 358 g/mol. The molecule has 1 aliphatic rings. The average molecular weight is 376 g/mol. The molecule has 7 nitrogen and oxygen atoms in total. The summed E-state index contributed by atoms with van der Waals surface area (Å²) in [6.45, 7) is 1.59.